The number of hydrogen-bond acceptors (Lipinski definition) is 4. The van der Waals surface area contributed by atoms with Crippen molar-refractivity contribution in [3.63, 3.8) is 0 Å². The van der Waals surface area contributed by atoms with E-state index in [9.17, 15) is 9.90 Å². The molecule has 124 valence electrons. The Morgan fingerprint density at radius 1 is 1.48 bits per heavy atom. The first-order valence-electron chi connectivity index (χ1n) is 8.15. The highest BCUT2D eigenvalue weighted by Gasteiger charge is 2.32. The van der Waals surface area contributed by atoms with Crippen molar-refractivity contribution in [1.29, 1.82) is 0 Å². The number of carboxylic acids is 1. The van der Waals surface area contributed by atoms with Crippen LogP contribution in [0.2, 0.25) is 0 Å². The highest BCUT2D eigenvalue weighted by molar-refractivity contribution is 5.78. The third kappa shape index (κ3) is 6.76. The molecule has 2 atom stereocenters. The van der Waals surface area contributed by atoms with E-state index in [1.165, 1.54) is 12.8 Å². The number of nitrogens with one attached hydrogen (secondary N) is 1. The number of aliphatic carboxylic acids is 1. The van der Waals surface area contributed by atoms with Gasteiger partial charge in [0.05, 0.1) is 6.10 Å². The van der Waals surface area contributed by atoms with Crippen molar-refractivity contribution in [3.05, 3.63) is 0 Å². The zero-order chi connectivity index (χ0) is 15.9. The molecule has 1 aliphatic rings. The molecule has 2 N–H and O–H groups in total. The molecule has 0 spiro atoms. The van der Waals surface area contributed by atoms with Crippen LogP contribution in [0.3, 0.4) is 0 Å². The number of rotatable bonds is 10. The lowest BCUT2D eigenvalue weighted by Gasteiger charge is -2.29. The highest BCUT2D eigenvalue weighted by atomic mass is 16.5. The van der Waals surface area contributed by atoms with Gasteiger partial charge in [-0.25, -0.2) is 0 Å². The van der Waals surface area contributed by atoms with Gasteiger partial charge in [0.1, 0.15) is 5.54 Å². The van der Waals surface area contributed by atoms with Crippen molar-refractivity contribution in [2.24, 2.45) is 0 Å². The van der Waals surface area contributed by atoms with E-state index in [-0.39, 0.29) is 6.04 Å². The van der Waals surface area contributed by atoms with Gasteiger partial charge in [-0.05, 0) is 66.5 Å². The molecule has 0 bridgehead atoms. The fraction of sp³-hybridized carbons (Fsp3) is 0.938. The molecule has 0 saturated carbocycles. The van der Waals surface area contributed by atoms with Gasteiger partial charge in [-0.1, -0.05) is 0 Å². The van der Waals surface area contributed by atoms with E-state index in [1.54, 1.807) is 6.92 Å². The second kappa shape index (κ2) is 8.71. The molecule has 1 saturated heterocycles. The van der Waals surface area contributed by atoms with Crippen LogP contribution in [0.5, 0.6) is 0 Å². The Kier molecular flexibility index (Phi) is 7.63. The Bertz CT molecular complexity index is 317. The highest BCUT2D eigenvalue weighted by Crippen LogP contribution is 2.16. The van der Waals surface area contributed by atoms with Gasteiger partial charge in [0.15, 0.2) is 0 Å². The number of likely N-dealkylation sites (N-methyl/N-ethyl adjacent to an activating group) is 1. The van der Waals surface area contributed by atoms with Crippen LogP contribution >= 0.6 is 0 Å². The van der Waals surface area contributed by atoms with Crippen molar-refractivity contribution in [3.8, 4) is 0 Å². The normalized spacial score (nSPS) is 21.9. The lowest BCUT2D eigenvalue weighted by molar-refractivity contribution is -0.144. The summed E-state index contributed by atoms with van der Waals surface area (Å²) in [6, 6.07) is 0.174. The summed E-state index contributed by atoms with van der Waals surface area (Å²) < 4.78 is 5.63. The summed E-state index contributed by atoms with van der Waals surface area (Å²) in [7, 11) is 2.12. The average molecular weight is 300 g/mol. The van der Waals surface area contributed by atoms with Crippen molar-refractivity contribution in [2.75, 3.05) is 26.7 Å². The van der Waals surface area contributed by atoms with Crippen molar-refractivity contribution < 1.29 is 14.6 Å². The molecule has 0 aromatic carbocycles. The number of ether oxygens (including phenoxy) is 1. The SMILES string of the molecule is CC(C)NC(C)(CCCCN(C)CC1CCCO1)C(=O)O. The largest absolute Gasteiger partial charge is 0.480 e. The van der Waals surface area contributed by atoms with Crippen LogP contribution in [-0.2, 0) is 9.53 Å². The number of unbranched alkanes of at least 4 members (excludes halogenated alkanes) is 1. The number of nitrogens with zero attached hydrogens (tertiary/aromatic N) is 1. The monoisotopic (exact) mass is 300 g/mol. The van der Waals surface area contributed by atoms with Crippen LogP contribution < -0.4 is 5.32 Å². The van der Waals surface area contributed by atoms with E-state index in [2.05, 4.69) is 17.3 Å². The summed E-state index contributed by atoms with van der Waals surface area (Å²) in [5.74, 6) is -0.760. The molecular formula is C16H32N2O3. The molecule has 1 rings (SSSR count). The standard InChI is InChI=1S/C16H32N2O3/c1-13(2)17-16(3,15(19)20)9-5-6-10-18(4)12-14-8-7-11-21-14/h13-14,17H,5-12H2,1-4H3,(H,19,20). The lowest BCUT2D eigenvalue weighted by Crippen LogP contribution is -2.52. The molecule has 5 heteroatoms. The maximum absolute atomic E-state index is 11.4. The van der Waals surface area contributed by atoms with Crippen molar-refractivity contribution in [2.45, 2.75) is 70.6 Å². The smallest absolute Gasteiger partial charge is 0.323 e. The zero-order valence-electron chi connectivity index (χ0n) is 14.0. The van der Waals surface area contributed by atoms with Gasteiger partial charge in [0, 0.05) is 19.2 Å². The molecule has 1 aliphatic heterocycles. The fourth-order valence-electron chi connectivity index (χ4n) is 2.97. The van der Waals surface area contributed by atoms with E-state index in [0.717, 1.165) is 32.5 Å². The van der Waals surface area contributed by atoms with Crippen LogP contribution in [0.15, 0.2) is 0 Å². The summed E-state index contributed by atoms with van der Waals surface area (Å²) in [5.41, 5.74) is -0.818. The first-order valence-corrected chi connectivity index (χ1v) is 8.15. The molecule has 0 radical (unpaired) electrons. The molecule has 0 aromatic heterocycles. The van der Waals surface area contributed by atoms with Gasteiger partial charge < -0.3 is 14.7 Å². The molecule has 5 nitrogen and oxygen atoms in total. The van der Waals surface area contributed by atoms with Gasteiger partial charge in [-0.2, -0.15) is 0 Å². The number of hydrogen-bond donors (Lipinski definition) is 2. The molecule has 0 amide bonds. The van der Waals surface area contributed by atoms with Crippen LogP contribution in [0.25, 0.3) is 0 Å². The van der Waals surface area contributed by atoms with Crippen molar-refractivity contribution >= 4 is 5.97 Å². The van der Waals surface area contributed by atoms with E-state index in [4.69, 9.17) is 4.74 Å². The lowest BCUT2D eigenvalue weighted by atomic mass is 9.94. The fourth-order valence-corrected chi connectivity index (χ4v) is 2.97. The molecule has 1 heterocycles. The molecule has 21 heavy (non-hydrogen) atoms. The van der Waals surface area contributed by atoms with Crippen molar-refractivity contribution in [1.82, 2.24) is 10.2 Å². The predicted molar refractivity (Wildman–Crippen MR) is 84.6 cm³/mol. The topological polar surface area (TPSA) is 61.8 Å². The Morgan fingerprint density at radius 2 is 2.19 bits per heavy atom. The summed E-state index contributed by atoms with van der Waals surface area (Å²) in [5, 5.41) is 12.6. The van der Waals surface area contributed by atoms with E-state index < -0.39 is 11.5 Å². The van der Waals surface area contributed by atoms with Crippen LogP contribution in [-0.4, -0.2) is 60.4 Å². The molecule has 0 aliphatic carbocycles. The van der Waals surface area contributed by atoms with Gasteiger partial charge in [-0.3, -0.25) is 10.1 Å². The third-order valence-electron chi connectivity index (χ3n) is 4.09. The van der Waals surface area contributed by atoms with Gasteiger partial charge in [0.25, 0.3) is 0 Å². The van der Waals surface area contributed by atoms with Crippen LogP contribution in [0.1, 0.15) is 52.9 Å². The maximum Gasteiger partial charge on any atom is 0.323 e. The van der Waals surface area contributed by atoms with Crippen LogP contribution in [0.4, 0.5) is 0 Å². The first-order chi connectivity index (χ1) is 9.83. The average Bonchev–Trinajstić information content (AvgIpc) is 2.86. The summed E-state index contributed by atoms with van der Waals surface area (Å²) in [6.45, 7) is 8.63. The van der Waals surface area contributed by atoms with Gasteiger partial charge >= 0.3 is 5.97 Å². The minimum atomic E-state index is -0.818. The quantitative estimate of drug-likeness (QED) is 0.605. The number of carboxylic acid groups (broad SMARTS) is 1. The van der Waals surface area contributed by atoms with E-state index in [1.807, 2.05) is 13.8 Å². The molecule has 0 aromatic rings. The third-order valence-corrected chi connectivity index (χ3v) is 4.09. The first kappa shape index (κ1) is 18.4. The second-order valence-corrected chi connectivity index (χ2v) is 6.79. The Morgan fingerprint density at radius 3 is 2.71 bits per heavy atom. The summed E-state index contributed by atoms with van der Waals surface area (Å²) >= 11 is 0. The van der Waals surface area contributed by atoms with Gasteiger partial charge in [0.2, 0.25) is 0 Å². The predicted octanol–water partition coefficient (Wildman–Crippen LogP) is 2.11. The summed E-state index contributed by atoms with van der Waals surface area (Å²) in [4.78, 5) is 13.7. The molecule has 1 fully saturated rings. The Balaban J connectivity index is 2.22. The Hall–Kier alpha value is -0.650. The molecule has 2 unspecified atom stereocenters. The van der Waals surface area contributed by atoms with Crippen LogP contribution in [0, 0.1) is 0 Å². The van der Waals surface area contributed by atoms with Gasteiger partial charge in [-0.15, -0.1) is 0 Å². The summed E-state index contributed by atoms with van der Waals surface area (Å²) in [6.07, 6.45) is 5.33. The minimum absolute atomic E-state index is 0.174. The maximum atomic E-state index is 11.4. The zero-order valence-corrected chi connectivity index (χ0v) is 14.0. The Labute approximate surface area is 129 Å². The van der Waals surface area contributed by atoms with E-state index >= 15 is 0 Å². The minimum Gasteiger partial charge on any atom is -0.480 e. The second-order valence-electron chi connectivity index (χ2n) is 6.79. The molecular weight excluding hydrogens is 268 g/mol. The van der Waals surface area contributed by atoms with E-state index in [0.29, 0.717) is 12.5 Å². The number of carbonyl (C=O) groups is 1.